The van der Waals surface area contributed by atoms with Crippen LogP contribution >= 0.6 is 0 Å². The van der Waals surface area contributed by atoms with E-state index in [0.717, 1.165) is 31.2 Å². The highest BCUT2D eigenvalue weighted by molar-refractivity contribution is 5.43. The standard InChI is InChI=1S/C15H21F2NO3/c1-20-13-7-2-10(8-14(13)21-15(16)17)9-18-11-3-5-12(19)6-4-11/h2,7-8,11-12,15,18-19H,3-6,9H2,1H3. The zero-order valence-electron chi connectivity index (χ0n) is 12.0. The first-order valence-corrected chi connectivity index (χ1v) is 7.11. The first-order valence-electron chi connectivity index (χ1n) is 7.11. The van der Waals surface area contributed by atoms with E-state index in [2.05, 4.69) is 10.1 Å². The minimum atomic E-state index is -2.87. The van der Waals surface area contributed by atoms with E-state index in [1.54, 1.807) is 12.1 Å². The highest BCUT2D eigenvalue weighted by atomic mass is 19.3. The van der Waals surface area contributed by atoms with Crippen molar-refractivity contribution in [2.24, 2.45) is 0 Å². The number of rotatable bonds is 6. The normalized spacial score (nSPS) is 22.3. The van der Waals surface area contributed by atoms with Crippen LogP contribution in [-0.2, 0) is 6.54 Å². The van der Waals surface area contributed by atoms with Crippen LogP contribution in [-0.4, -0.2) is 31.0 Å². The van der Waals surface area contributed by atoms with Gasteiger partial charge in [0.15, 0.2) is 11.5 Å². The Morgan fingerprint density at radius 1 is 1.24 bits per heavy atom. The van der Waals surface area contributed by atoms with E-state index in [-0.39, 0.29) is 11.9 Å². The second-order valence-corrected chi connectivity index (χ2v) is 5.25. The number of aliphatic hydroxyl groups excluding tert-OH is 1. The topological polar surface area (TPSA) is 50.7 Å². The second kappa shape index (κ2) is 7.56. The number of halogens is 2. The Morgan fingerprint density at radius 3 is 2.57 bits per heavy atom. The van der Waals surface area contributed by atoms with E-state index in [9.17, 15) is 13.9 Å². The van der Waals surface area contributed by atoms with Gasteiger partial charge in [0.2, 0.25) is 0 Å². The predicted molar refractivity (Wildman–Crippen MR) is 74.7 cm³/mol. The Hall–Kier alpha value is -1.40. The van der Waals surface area contributed by atoms with Crippen LogP contribution in [0.4, 0.5) is 8.78 Å². The van der Waals surface area contributed by atoms with Crippen molar-refractivity contribution in [3.8, 4) is 11.5 Å². The first kappa shape index (κ1) is 16.0. The molecule has 0 bridgehead atoms. The maximum Gasteiger partial charge on any atom is 0.387 e. The first-order chi connectivity index (χ1) is 10.1. The molecule has 1 fully saturated rings. The molecule has 2 rings (SSSR count). The van der Waals surface area contributed by atoms with Crippen LogP contribution in [0.1, 0.15) is 31.2 Å². The summed E-state index contributed by atoms with van der Waals surface area (Å²) in [4.78, 5) is 0. The summed E-state index contributed by atoms with van der Waals surface area (Å²) in [5.41, 5.74) is 0.859. The van der Waals surface area contributed by atoms with Crippen LogP contribution in [0.3, 0.4) is 0 Å². The number of aliphatic hydroxyl groups is 1. The second-order valence-electron chi connectivity index (χ2n) is 5.25. The van der Waals surface area contributed by atoms with Gasteiger partial charge in [0.1, 0.15) is 0 Å². The molecule has 6 heteroatoms. The quantitative estimate of drug-likeness (QED) is 0.848. The van der Waals surface area contributed by atoms with Crippen LogP contribution in [0.5, 0.6) is 11.5 Å². The molecule has 21 heavy (non-hydrogen) atoms. The van der Waals surface area contributed by atoms with Gasteiger partial charge >= 0.3 is 6.61 Å². The largest absolute Gasteiger partial charge is 0.493 e. The third-order valence-electron chi connectivity index (χ3n) is 3.74. The van der Waals surface area contributed by atoms with Crippen molar-refractivity contribution in [1.29, 1.82) is 0 Å². The number of methoxy groups -OCH3 is 1. The molecule has 1 aromatic carbocycles. The van der Waals surface area contributed by atoms with Gasteiger partial charge in [-0.2, -0.15) is 8.78 Å². The molecule has 0 aliphatic heterocycles. The molecule has 0 radical (unpaired) electrons. The average molecular weight is 301 g/mol. The molecule has 2 N–H and O–H groups in total. The number of hydrogen-bond acceptors (Lipinski definition) is 4. The third-order valence-corrected chi connectivity index (χ3v) is 3.74. The Labute approximate surface area is 123 Å². The van der Waals surface area contributed by atoms with E-state index in [1.807, 2.05) is 6.07 Å². The summed E-state index contributed by atoms with van der Waals surface area (Å²) >= 11 is 0. The minimum Gasteiger partial charge on any atom is -0.493 e. The van der Waals surface area contributed by atoms with Crippen LogP contribution in [0.2, 0.25) is 0 Å². The zero-order valence-corrected chi connectivity index (χ0v) is 12.0. The summed E-state index contributed by atoms with van der Waals surface area (Å²) in [5.74, 6) is 0.339. The molecule has 0 heterocycles. The number of benzene rings is 1. The van der Waals surface area contributed by atoms with Gasteiger partial charge in [-0.1, -0.05) is 6.07 Å². The van der Waals surface area contributed by atoms with E-state index < -0.39 is 6.61 Å². The zero-order chi connectivity index (χ0) is 15.2. The number of ether oxygens (including phenoxy) is 2. The Balaban J connectivity index is 1.93. The van der Waals surface area contributed by atoms with E-state index in [4.69, 9.17) is 4.74 Å². The van der Waals surface area contributed by atoms with Gasteiger partial charge in [0, 0.05) is 12.6 Å². The molecule has 0 atom stereocenters. The summed E-state index contributed by atoms with van der Waals surface area (Å²) in [5, 5.41) is 12.8. The molecule has 1 saturated carbocycles. The molecule has 0 amide bonds. The summed E-state index contributed by atoms with van der Waals surface area (Å²) < 4.78 is 34.2. The molecule has 1 aromatic rings. The predicted octanol–water partition coefficient (Wildman–Crippen LogP) is 2.69. The average Bonchev–Trinajstić information content (AvgIpc) is 2.46. The molecular formula is C15H21F2NO3. The molecule has 0 aromatic heterocycles. The fraction of sp³-hybridized carbons (Fsp3) is 0.600. The van der Waals surface area contributed by atoms with Crippen molar-refractivity contribution in [2.45, 2.75) is 51.0 Å². The van der Waals surface area contributed by atoms with Gasteiger partial charge in [-0.05, 0) is 43.4 Å². The maximum atomic E-state index is 12.4. The van der Waals surface area contributed by atoms with Crippen molar-refractivity contribution in [1.82, 2.24) is 5.32 Å². The van der Waals surface area contributed by atoms with E-state index in [1.165, 1.54) is 7.11 Å². The molecular weight excluding hydrogens is 280 g/mol. The van der Waals surface area contributed by atoms with Crippen molar-refractivity contribution < 1.29 is 23.4 Å². The van der Waals surface area contributed by atoms with Crippen LogP contribution in [0.25, 0.3) is 0 Å². The Bertz CT molecular complexity index is 449. The lowest BCUT2D eigenvalue weighted by Gasteiger charge is -2.26. The molecule has 0 spiro atoms. The molecule has 1 aliphatic rings. The summed E-state index contributed by atoms with van der Waals surface area (Å²) in [6.07, 6.45) is 3.28. The molecule has 0 unspecified atom stereocenters. The monoisotopic (exact) mass is 301 g/mol. The van der Waals surface area contributed by atoms with Crippen molar-refractivity contribution in [2.75, 3.05) is 7.11 Å². The van der Waals surface area contributed by atoms with Gasteiger partial charge in [-0.3, -0.25) is 0 Å². The fourth-order valence-corrected chi connectivity index (χ4v) is 2.56. The van der Waals surface area contributed by atoms with Crippen LogP contribution < -0.4 is 14.8 Å². The highest BCUT2D eigenvalue weighted by Gasteiger charge is 2.19. The number of nitrogens with one attached hydrogen (secondary N) is 1. The SMILES string of the molecule is COc1ccc(CNC2CCC(O)CC2)cc1OC(F)F. The molecule has 118 valence electrons. The summed E-state index contributed by atoms with van der Waals surface area (Å²) in [7, 11) is 1.42. The lowest BCUT2D eigenvalue weighted by molar-refractivity contribution is -0.0512. The van der Waals surface area contributed by atoms with Gasteiger partial charge in [-0.15, -0.1) is 0 Å². The maximum absolute atomic E-state index is 12.4. The van der Waals surface area contributed by atoms with Crippen LogP contribution in [0.15, 0.2) is 18.2 Å². The lowest BCUT2D eigenvalue weighted by atomic mass is 9.93. The molecule has 0 saturated heterocycles. The fourth-order valence-electron chi connectivity index (χ4n) is 2.56. The van der Waals surface area contributed by atoms with E-state index >= 15 is 0 Å². The Morgan fingerprint density at radius 2 is 1.95 bits per heavy atom. The van der Waals surface area contributed by atoms with Crippen LogP contribution in [0, 0.1) is 0 Å². The number of hydrogen-bond donors (Lipinski definition) is 2. The molecule has 1 aliphatic carbocycles. The summed E-state index contributed by atoms with van der Waals surface area (Å²) in [6, 6.07) is 5.37. The van der Waals surface area contributed by atoms with Gasteiger partial charge in [0.25, 0.3) is 0 Å². The van der Waals surface area contributed by atoms with Crippen molar-refractivity contribution in [3.63, 3.8) is 0 Å². The summed E-state index contributed by atoms with van der Waals surface area (Å²) in [6.45, 7) is -2.30. The smallest absolute Gasteiger partial charge is 0.387 e. The third kappa shape index (κ3) is 4.82. The van der Waals surface area contributed by atoms with Gasteiger partial charge in [-0.25, -0.2) is 0 Å². The van der Waals surface area contributed by atoms with Gasteiger partial charge in [0.05, 0.1) is 13.2 Å². The number of alkyl halides is 2. The lowest BCUT2D eigenvalue weighted by Crippen LogP contribution is -2.34. The van der Waals surface area contributed by atoms with Crippen molar-refractivity contribution in [3.05, 3.63) is 23.8 Å². The minimum absolute atomic E-state index is 0.0471. The van der Waals surface area contributed by atoms with E-state index in [0.29, 0.717) is 18.3 Å². The highest BCUT2D eigenvalue weighted by Crippen LogP contribution is 2.29. The Kier molecular flexibility index (Phi) is 5.76. The van der Waals surface area contributed by atoms with Crippen molar-refractivity contribution >= 4 is 0 Å². The van der Waals surface area contributed by atoms with Gasteiger partial charge < -0.3 is 19.9 Å². The molecule has 4 nitrogen and oxygen atoms in total.